The number of nitrogen functional groups attached to an aromatic ring is 1. The second kappa shape index (κ2) is 10.2. The second-order valence-electron chi connectivity index (χ2n) is 8.19. The number of aromatic nitrogens is 3. The number of rotatable bonds is 8. The van der Waals surface area contributed by atoms with E-state index in [1.807, 2.05) is 31.3 Å². The maximum atomic E-state index is 12.5. The summed E-state index contributed by atoms with van der Waals surface area (Å²) in [6.45, 7) is 2.63. The molecule has 1 aromatic carbocycles. The van der Waals surface area contributed by atoms with Gasteiger partial charge >= 0.3 is 10.2 Å². The summed E-state index contributed by atoms with van der Waals surface area (Å²) in [6.07, 6.45) is 3.32. The lowest BCUT2D eigenvalue weighted by atomic mass is 10.1. The predicted octanol–water partition coefficient (Wildman–Crippen LogP) is 0.817. The van der Waals surface area contributed by atoms with E-state index in [1.165, 1.54) is 10.5 Å². The number of nitrogens with one attached hydrogen (secondary N) is 3. The van der Waals surface area contributed by atoms with Gasteiger partial charge < -0.3 is 20.9 Å². The molecule has 1 amide bonds. The molecule has 180 valence electrons. The van der Waals surface area contributed by atoms with E-state index in [-0.39, 0.29) is 18.1 Å². The number of pyridine rings is 1. The molecule has 1 aliphatic heterocycles. The van der Waals surface area contributed by atoms with Crippen molar-refractivity contribution in [2.24, 2.45) is 0 Å². The van der Waals surface area contributed by atoms with Crippen LogP contribution >= 0.6 is 0 Å². The van der Waals surface area contributed by atoms with E-state index >= 15 is 0 Å². The molecule has 0 spiro atoms. The van der Waals surface area contributed by atoms with Gasteiger partial charge in [0.2, 0.25) is 5.91 Å². The van der Waals surface area contributed by atoms with Gasteiger partial charge in [0, 0.05) is 38.9 Å². The van der Waals surface area contributed by atoms with Crippen molar-refractivity contribution in [1.29, 1.82) is 0 Å². The zero-order valence-electron chi connectivity index (χ0n) is 18.9. The van der Waals surface area contributed by atoms with Crippen LogP contribution in [0.15, 0.2) is 48.8 Å². The highest BCUT2D eigenvalue weighted by atomic mass is 32.2. The summed E-state index contributed by atoms with van der Waals surface area (Å²) >= 11 is 0. The van der Waals surface area contributed by atoms with Crippen LogP contribution in [-0.2, 0) is 28.0 Å². The van der Waals surface area contributed by atoms with Crippen molar-refractivity contribution in [2.75, 3.05) is 43.7 Å². The molecule has 11 nitrogen and oxygen atoms in total. The number of imidazole rings is 1. The first-order valence-corrected chi connectivity index (χ1v) is 12.3. The molecule has 0 radical (unpaired) electrons. The van der Waals surface area contributed by atoms with Crippen molar-refractivity contribution in [3.05, 3.63) is 59.9 Å². The molecule has 3 aromatic rings. The summed E-state index contributed by atoms with van der Waals surface area (Å²) in [4.78, 5) is 25.5. The quantitative estimate of drug-likeness (QED) is 0.370. The summed E-state index contributed by atoms with van der Waals surface area (Å²) < 4.78 is 29.0. The SMILES string of the molecule is CN1CCN(S(=O)(=O)Nc2ccc(CC(=O)NCc3ccc(-c4cnc(N)[nH]4)cc3)cn2)CC1. The number of anilines is 2. The van der Waals surface area contributed by atoms with Gasteiger partial charge in [-0.2, -0.15) is 12.7 Å². The fraction of sp³-hybridized carbons (Fsp3) is 0.318. The Balaban J connectivity index is 1.26. The molecule has 34 heavy (non-hydrogen) atoms. The number of nitrogens with two attached hydrogens (primary N) is 1. The van der Waals surface area contributed by atoms with Crippen LogP contribution in [-0.4, -0.2) is 71.7 Å². The first kappa shape index (κ1) is 23.7. The first-order chi connectivity index (χ1) is 16.3. The average molecular weight is 485 g/mol. The minimum absolute atomic E-state index is 0.143. The number of benzene rings is 1. The van der Waals surface area contributed by atoms with Crippen LogP contribution in [0.2, 0.25) is 0 Å². The van der Waals surface area contributed by atoms with E-state index in [2.05, 4.69) is 29.9 Å². The molecule has 1 aliphatic rings. The summed E-state index contributed by atoms with van der Waals surface area (Å²) in [5.74, 6) is 0.432. The summed E-state index contributed by atoms with van der Waals surface area (Å²) in [6, 6.07) is 11.0. The third-order valence-electron chi connectivity index (χ3n) is 5.58. The third kappa shape index (κ3) is 6.10. The summed E-state index contributed by atoms with van der Waals surface area (Å²) in [5, 5.41) is 2.88. The number of aromatic amines is 1. The minimum Gasteiger partial charge on any atom is -0.369 e. The summed E-state index contributed by atoms with van der Waals surface area (Å²) in [7, 11) is -1.69. The van der Waals surface area contributed by atoms with Gasteiger partial charge in [-0.1, -0.05) is 30.3 Å². The highest BCUT2D eigenvalue weighted by Gasteiger charge is 2.25. The lowest BCUT2D eigenvalue weighted by molar-refractivity contribution is -0.120. The standard InChI is InChI=1S/C22H28N8O3S/c1-29-8-10-30(11-9-29)34(32,33)28-20-7-4-17(14-24-20)12-21(31)25-13-16-2-5-18(6-3-16)19-15-26-22(23)27-19/h2-7,14-15H,8-13H2,1H3,(H,24,28)(H,25,31)(H3,23,26,27). The molecule has 1 saturated heterocycles. The Morgan fingerprint density at radius 1 is 1.03 bits per heavy atom. The topological polar surface area (TPSA) is 149 Å². The summed E-state index contributed by atoms with van der Waals surface area (Å²) in [5.41, 5.74) is 9.03. The molecule has 2 aromatic heterocycles. The van der Waals surface area contributed by atoms with Crippen LogP contribution in [0.25, 0.3) is 11.3 Å². The largest absolute Gasteiger partial charge is 0.369 e. The van der Waals surface area contributed by atoms with Crippen molar-refractivity contribution in [3.8, 4) is 11.3 Å². The number of amides is 1. The maximum absolute atomic E-state index is 12.5. The Labute approximate surface area is 198 Å². The van der Waals surface area contributed by atoms with Crippen LogP contribution in [0.5, 0.6) is 0 Å². The predicted molar refractivity (Wildman–Crippen MR) is 130 cm³/mol. The number of likely N-dealkylation sites (N-methyl/N-ethyl adjacent to an activating group) is 1. The normalized spacial score (nSPS) is 15.2. The molecule has 4 rings (SSSR count). The van der Waals surface area contributed by atoms with Crippen molar-refractivity contribution in [1.82, 2.24) is 29.5 Å². The van der Waals surface area contributed by atoms with E-state index in [0.29, 0.717) is 44.2 Å². The number of hydrogen-bond acceptors (Lipinski definition) is 7. The second-order valence-corrected chi connectivity index (χ2v) is 9.86. The van der Waals surface area contributed by atoms with Crippen molar-refractivity contribution in [3.63, 3.8) is 0 Å². The zero-order valence-corrected chi connectivity index (χ0v) is 19.7. The van der Waals surface area contributed by atoms with E-state index in [0.717, 1.165) is 16.8 Å². The lowest BCUT2D eigenvalue weighted by Gasteiger charge is -2.31. The Kier molecular flexibility index (Phi) is 7.10. The number of hydrogen-bond donors (Lipinski definition) is 4. The molecular formula is C22H28N8O3S. The van der Waals surface area contributed by atoms with E-state index in [1.54, 1.807) is 18.3 Å². The van der Waals surface area contributed by atoms with Crippen molar-refractivity contribution >= 4 is 27.9 Å². The molecule has 5 N–H and O–H groups in total. The van der Waals surface area contributed by atoms with E-state index in [9.17, 15) is 13.2 Å². The van der Waals surface area contributed by atoms with E-state index < -0.39 is 10.2 Å². The van der Waals surface area contributed by atoms with Crippen LogP contribution < -0.4 is 15.8 Å². The first-order valence-electron chi connectivity index (χ1n) is 10.9. The Hall–Kier alpha value is -3.48. The fourth-order valence-electron chi connectivity index (χ4n) is 3.55. The third-order valence-corrected chi connectivity index (χ3v) is 7.09. The number of carbonyl (C=O) groups excluding carboxylic acids is 1. The van der Waals surface area contributed by atoms with Gasteiger partial charge in [-0.25, -0.2) is 9.97 Å². The van der Waals surface area contributed by atoms with Gasteiger partial charge in [0.05, 0.1) is 18.3 Å². The highest BCUT2D eigenvalue weighted by molar-refractivity contribution is 7.90. The van der Waals surface area contributed by atoms with Gasteiger partial charge in [0.1, 0.15) is 5.82 Å². The molecular weight excluding hydrogens is 456 g/mol. The zero-order chi connectivity index (χ0) is 24.1. The maximum Gasteiger partial charge on any atom is 0.302 e. The van der Waals surface area contributed by atoms with Gasteiger partial charge in [-0.15, -0.1) is 0 Å². The van der Waals surface area contributed by atoms with Gasteiger partial charge in [0.15, 0.2) is 5.95 Å². The van der Waals surface area contributed by atoms with Crippen LogP contribution in [0, 0.1) is 0 Å². The van der Waals surface area contributed by atoms with Gasteiger partial charge in [-0.3, -0.25) is 9.52 Å². The molecule has 12 heteroatoms. The Morgan fingerprint density at radius 2 is 1.74 bits per heavy atom. The molecule has 3 heterocycles. The average Bonchev–Trinajstić information content (AvgIpc) is 3.26. The molecule has 0 atom stereocenters. The monoisotopic (exact) mass is 484 g/mol. The van der Waals surface area contributed by atoms with Crippen LogP contribution in [0.4, 0.5) is 11.8 Å². The number of piperazine rings is 1. The fourth-order valence-corrected chi connectivity index (χ4v) is 4.71. The van der Waals surface area contributed by atoms with Crippen molar-refractivity contribution < 1.29 is 13.2 Å². The van der Waals surface area contributed by atoms with Crippen LogP contribution in [0.3, 0.4) is 0 Å². The van der Waals surface area contributed by atoms with E-state index in [4.69, 9.17) is 5.73 Å². The van der Waals surface area contributed by atoms with Crippen molar-refractivity contribution in [2.45, 2.75) is 13.0 Å². The minimum atomic E-state index is -3.65. The molecule has 0 saturated carbocycles. The van der Waals surface area contributed by atoms with Gasteiger partial charge in [0.25, 0.3) is 0 Å². The lowest BCUT2D eigenvalue weighted by Crippen LogP contribution is -2.48. The smallest absolute Gasteiger partial charge is 0.302 e. The molecule has 1 fully saturated rings. The highest BCUT2D eigenvalue weighted by Crippen LogP contribution is 2.18. The number of H-pyrrole nitrogens is 1. The van der Waals surface area contributed by atoms with Gasteiger partial charge in [-0.05, 0) is 29.8 Å². The molecule has 0 bridgehead atoms. The molecule has 0 unspecified atom stereocenters. The Morgan fingerprint density at radius 3 is 2.35 bits per heavy atom. The number of nitrogens with zero attached hydrogens (tertiary/aromatic N) is 4. The van der Waals surface area contributed by atoms with Crippen LogP contribution in [0.1, 0.15) is 11.1 Å². The molecule has 0 aliphatic carbocycles. The number of carbonyl (C=O) groups is 1. The Bertz CT molecular complexity index is 1220.